The second kappa shape index (κ2) is 10.3. The van der Waals surface area contributed by atoms with Crippen molar-refractivity contribution in [2.75, 3.05) is 38.3 Å². The van der Waals surface area contributed by atoms with E-state index in [1.165, 1.54) is 16.6 Å². The normalized spacial score (nSPS) is 14.6. The molecule has 1 aliphatic heterocycles. The fourth-order valence-electron chi connectivity index (χ4n) is 4.50. The first kappa shape index (κ1) is 28.1. The summed E-state index contributed by atoms with van der Waals surface area (Å²) in [6.07, 6.45) is -0.487. The van der Waals surface area contributed by atoms with Crippen molar-refractivity contribution >= 4 is 23.1 Å². The van der Waals surface area contributed by atoms with Crippen LogP contribution in [0, 0.1) is 6.92 Å². The summed E-state index contributed by atoms with van der Waals surface area (Å²) in [6.45, 7) is 12.1. The molecule has 2 aromatic heterocycles. The molecule has 1 amide bonds. The molecule has 0 radical (unpaired) electrons. The summed E-state index contributed by atoms with van der Waals surface area (Å²) < 4.78 is 11.9. The molecule has 0 aliphatic carbocycles. The molecule has 0 bridgehead atoms. The first-order chi connectivity index (χ1) is 18.2. The third-order valence-corrected chi connectivity index (χ3v) is 6.59. The summed E-state index contributed by atoms with van der Waals surface area (Å²) in [6, 6.07) is 7.06. The molecule has 12 nitrogen and oxygen atoms in total. The highest BCUT2D eigenvalue weighted by Crippen LogP contribution is 2.23. The monoisotopic (exact) mass is 540 g/mol. The standard InChI is InChI=1S/C27H36N6O6/c1-17-20(16-21(34)38-7)22-23(29-33(28-22)19-10-8-18(9-11-19)27(5,6)37)24(35)32(17)31-14-12-30(13-15-31)25(36)39-26(2,3)4/h8-11,37H,12-16H2,1-7H3. The van der Waals surface area contributed by atoms with E-state index in [0.717, 1.165) is 5.56 Å². The second-order valence-corrected chi connectivity index (χ2v) is 11.1. The molecular weight excluding hydrogens is 504 g/mol. The van der Waals surface area contributed by atoms with Crippen LogP contribution in [0.25, 0.3) is 16.7 Å². The molecule has 3 heterocycles. The van der Waals surface area contributed by atoms with E-state index in [1.807, 2.05) is 25.8 Å². The van der Waals surface area contributed by atoms with Gasteiger partial charge < -0.3 is 24.5 Å². The number of methoxy groups -OCH3 is 1. The van der Waals surface area contributed by atoms with Gasteiger partial charge in [-0.05, 0) is 59.2 Å². The molecule has 0 atom stereocenters. The van der Waals surface area contributed by atoms with Crippen LogP contribution in [0.15, 0.2) is 29.1 Å². The Labute approximate surface area is 226 Å². The lowest BCUT2D eigenvalue weighted by molar-refractivity contribution is -0.139. The van der Waals surface area contributed by atoms with Crippen LogP contribution in [0.2, 0.25) is 0 Å². The number of piperazine rings is 1. The van der Waals surface area contributed by atoms with E-state index in [0.29, 0.717) is 48.6 Å². The Kier molecular flexibility index (Phi) is 7.44. The van der Waals surface area contributed by atoms with Crippen molar-refractivity contribution in [2.45, 2.75) is 59.2 Å². The topological polar surface area (TPSA) is 132 Å². The molecule has 1 saturated heterocycles. The maximum Gasteiger partial charge on any atom is 0.410 e. The van der Waals surface area contributed by atoms with E-state index in [4.69, 9.17) is 9.47 Å². The van der Waals surface area contributed by atoms with Crippen molar-refractivity contribution in [1.29, 1.82) is 0 Å². The van der Waals surface area contributed by atoms with Crippen LogP contribution in [0.1, 0.15) is 51.4 Å². The molecule has 1 aliphatic rings. The minimum Gasteiger partial charge on any atom is -0.469 e. The smallest absolute Gasteiger partial charge is 0.410 e. The van der Waals surface area contributed by atoms with E-state index in [1.54, 1.807) is 49.9 Å². The fraction of sp³-hybridized carbons (Fsp3) is 0.519. The van der Waals surface area contributed by atoms with Gasteiger partial charge in [0, 0.05) is 24.3 Å². The largest absolute Gasteiger partial charge is 0.469 e. The highest BCUT2D eigenvalue weighted by Gasteiger charge is 2.29. The number of hydrogen-bond donors (Lipinski definition) is 1. The van der Waals surface area contributed by atoms with Gasteiger partial charge in [0.2, 0.25) is 0 Å². The van der Waals surface area contributed by atoms with Crippen LogP contribution in [-0.2, 0) is 26.3 Å². The van der Waals surface area contributed by atoms with Crippen LogP contribution in [0.4, 0.5) is 4.79 Å². The van der Waals surface area contributed by atoms with Gasteiger partial charge in [-0.3, -0.25) is 9.59 Å². The maximum absolute atomic E-state index is 13.7. The van der Waals surface area contributed by atoms with Crippen molar-refractivity contribution in [2.24, 2.45) is 0 Å². The van der Waals surface area contributed by atoms with Crippen LogP contribution in [0.3, 0.4) is 0 Å². The number of hydrogen-bond acceptors (Lipinski definition) is 9. The molecule has 1 aromatic carbocycles. The number of fused-ring (bicyclic) bond motifs is 1. The summed E-state index contributed by atoms with van der Waals surface area (Å²) in [4.78, 5) is 41.6. The average molecular weight is 541 g/mol. The first-order valence-corrected chi connectivity index (χ1v) is 12.8. The quantitative estimate of drug-likeness (QED) is 0.483. The van der Waals surface area contributed by atoms with Gasteiger partial charge in [0.15, 0.2) is 5.52 Å². The SMILES string of the molecule is COC(=O)Cc1c(C)n(N2CCN(C(=O)OC(C)(C)C)CC2)c(=O)c2nn(-c3ccc(C(C)(C)O)cc3)nc12. The molecule has 4 rings (SSSR count). The van der Waals surface area contributed by atoms with Crippen molar-refractivity contribution in [1.82, 2.24) is 24.6 Å². The number of pyridine rings is 1. The van der Waals surface area contributed by atoms with E-state index in [-0.39, 0.29) is 17.5 Å². The molecule has 0 unspecified atom stereocenters. The Bertz CT molecular complexity index is 1440. The number of carbonyl (C=O) groups excluding carboxylic acids is 2. The maximum atomic E-state index is 13.7. The van der Waals surface area contributed by atoms with Gasteiger partial charge in [-0.25, -0.2) is 9.47 Å². The minimum atomic E-state index is -1.01. The number of amides is 1. The molecule has 1 fully saturated rings. The lowest BCUT2D eigenvalue weighted by atomic mass is 9.98. The molecule has 12 heteroatoms. The number of carbonyl (C=O) groups is 2. The summed E-state index contributed by atoms with van der Waals surface area (Å²) >= 11 is 0. The lowest BCUT2D eigenvalue weighted by Crippen LogP contribution is -2.56. The van der Waals surface area contributed by atoms with E-state index in [2.05, 4.69) is 10.2 Å². The Hall–Kier alpha value is -3.93. The Morgan fingerprint density at radius 2 is 1.56 bits per heavy atom. The van der Waals surface area contributed by atoms with Crippen LogP contribution in [-0.4, -0.2) is 80.6 Å². The number of aromatic nitrogens is 4. The fourth-order valence-corrected chi connectivity index (χ4v) is 4.50. The predicted molar refractivity (Wildman–Crippen MR) is 145 cm³/mol. The number of benzene rings is 1. The van der Waals surface area contributed by atoms with Gasteiger partial charge >= 0.3 is 12.1 Å². The molecule has 3 aromatic rings. The first-order valence-electron chi connectivity index (χ1n) is 12.8. The third kappa shape index (κ3) is 5.90. The summed E-state index contributed by atoms with van der Waals surface area (Å²) in [5.74, 6) is -0.469. The van der Waals surface area contributed by atoms with Gasteiger partial charge in [0.1, 0.15) is 11.1 Å². The number of ether oxygens (including phenoxy) is 2. The third-order valence-electron chi connectivity index (χ3n) is 6.59. The second-order valence-electron chi connectivity index (χ2n) is 11.1. The van der Waals surface area contributed by atoms with Crippen molar-refractivity contribution in [3.05, 3.63) is 51.4 Å². The van der Waals surface area contributed by atoms with Gasteiger partial charge in [-0.1, -0.05) is 12.1 Å². The average Bonchev–Trinajstić information content (AvgIpc) is 3.31. The number of nitrogens with zero attached hydrogens (tertiary/aromatic N) is 6. The van der Waals surface area contributed by atoms with E-state index < -0.39 is 23.3 Å². The zero-order valence-corrected chi connectivity index (χ0v) is 23.5. The molecule has 210 valence electrons. The van der Waals surface area contributed by atoms with E-state index in [9.17, 15) is 19.5 Å². The van der Waals surface area contributed by atoms with Crippen molar-refractivity contribution in [3.8, 4) is 5.69 Å². The Balaban J connectivity index is 1.73. The molecule has 1 N–H and O–H groups in total. The van der Waals surface area contributed by atoms with Crippen LogP contribution >= 0.6 is 0 Å². The lowest BCUT2D eigenvalue weighted by Gasteiger charge is -2.38. The van der Waals surface area contributed by atoms with Crippen LogP contribution in [0.5, 0.6) is 0 Å². The van der Waals surface area contributed by atoms with Gasteiger partial charge in [-0.15, -0.1) is 10.2 Å². The number of aliphatic hydroxyl groups is 1. The van der Waals surface area contributed by atoms with Gasteiger partial charge in [-0.2, -0.15) is 4.80 Å². The summed E-state index contributed by atoms with van der Waals surface area (Å²) in [5.41, 5.74) is 0.845. The molecule has 39 heavy (non-hydrogen) atoms. The Morgan fingerprint density at radius 1 is 0.974 bits per heavy atom. The zero-order valence-electron chi connectivity index (χ0n) is 23.5. The van der Waals surface area contributed by atoms with E-state index >= 15 is 0 Å². The zero-order chi connectivity index (χ0) is 28.7. The Morgan fingerprint density at radius 3 is 2.10 bits per heavy atom. The summed E-state index contributed by atoms with van der Waals surface area (Å²) in [5, 5.41) is 21.2. The van der Waals surface area contributed by atoms with Gasteiger partial charge in [0.25, 0.3) is 5.56 Å². The molecule has 0 saturated carbocycles. The predicted octanol–water partition coefficient (Wildman–Crippen LogP) is 2.02. The highest BCUT2D eigenvalue weighted by atomic mass is 16.6. The van der Waals surface area contributed by atoms with Crippen molar-refractivity contribution in [3.63, 3.8) is 0 Å². The number of esters is 1. The minimum absolute atomic E-state index is 0.0900. The molecule has 0 spiro atoms. The van der Waals surface area contributed by atoms with Crippen LogP contribution < -0.4 is 10.6 Å². The molecular formula is C27H36N6O6. The summed E-state index contributed by atoms with van der Waals surface area (Å²) in [7, 11) is 1.31. The highest BCUT2D eigenvalue weighted by molar-refractivity contribution is 5.84. The van der Waals surface area contributed by atoms with Crippen molar-refractivity contribution < 1.29 is 24.2 Å². The number of rotatable bonds is 5. The van der Waals surface area contributed by atoms with Gasteiger partial charge in [0.05, 0.1) is 37.9 Å².